The highest BCUT2D eigenvalue weighted by atomic mass is 32.2. The number of nitrogens with one attached hydrogen (secondary N) is 3. The molecule has 154 valence electrons. The van der Waals surface area contributed by atoms with E-state index in [-0.39, 0.29) is 24.8 Å². The first kappa shape index (κ1) is 20.6. The summed E-state index contributed by atoms with van der Waals surface area (Å²) in [7, 11) is -3.80. The van der Waals surface area contributed by atoms with Gasteiger partial charge in [-0.3, -0.25) is 9.59 Å². The second-order valence-electron chi connectivity index (χ2n) is 6.38. The number of hydrogen-bond donors (Lipinski definition) is 3. The molecule has 0 aliphatic carbocycles. The highest BCUT2D eigenvalue weighted by Crippen LogP contribution is 2.32. The van der Waals surface area contributed by atoms with Crippen molar-refractivity contribution in [2.45, 2.75) is 18.4 Å². The van der Waals surface area contributed by atoms with Gasteiger partial charge in [-0.1, -0.05) is 23.8 Å². The minimum atomic E-state index is -3.80. The molecule has 1 heterocycles. The predicted molar refractivity (Wildman–Crippen MR) is 104 cm³/mol. The molecule has 1 aliphatic heterocycles. The Morgan fingerprint density at radius 1 is 0.931 bits per heavy atom. The quantitative estimate of drug-likeness (QED) is 0.570. The van der Waals surface area contributed by atoms with Crippen LogP contribution in [0.5, 0.6) is 11.5 Å². The third-order valence-corrected chi connectivity index (χ3v) is 5.54. The molecule has 2 aromatic rings. The summed E-state index contributed by atoms with van der Waals surface area (Å²) >= 11 is 0. The fourth-order valence-corrected chi connectivity index (χ4v) is 3.50. The maximum Gasteiger partial charge on any atom is 0.241 e. The average Bonchev–Trinajstić information content (AvgIpc) is 3.17. The lowest BCUT2D eigenvalue weighted by Gasteiger charge is -2.09. The van der Waals surface area contributed by atoms with E-state index in [2.05, 4.69) is 15.4 Å². The number of sulfonamides is 1. The number of ether oxygens (including phenoxy) is 2. The Morgan fingerprint density at radius 3 is 2.38 bits per heavy atom. The fraction of sp³-hybridized carbons (Fsp3) is 0.263. The maximum absolute atomic E-state index is 12.1. The van der Waals surface area contributed by atoms with Crippen LogP contribution in [0.25, 0.3) is 0 Å². The zero-order chi connectivity index (χ0) is 20.9. The van der Waals surface area contributed by atoms with Crippen molar-refractivity contribution in [3.8, 4) is 11.5 Å². The zero-order valence-electron chi connectivity index (χ0n) is 15.7. The molecular formula is C19H21N3O6S. The van der Waals surface area contributed by atoms with Gasteiger partial charge in [-0.05, 0) is 36.8 Å². The molecular weight excluding hydrogens is 398 g/mol. The largest absolute Gasteiger partial charge is 0.454 e. The Balaban J connectivity index is 1.39. The number of rotatable bonds is 8. The Hall–Kier alpha value is -3.11. The van der Waals surface area contributed by atoms with Gasteiger partial charge in [0.05, 0.1) is 18.0 Å². The topological polar surface area (TPSA) is 123 Å². The van der Waals surface area contributed by atoms with E-state index < -0.39 is 28.4 Å². The SMILES string of the molecule is Cc1ccc(S(=O)(=O)NCC(=O)NCC(=O)NCc2ccc3c(c2)OCO3)cc1. The van der Waals surface area contributed by atoms with Gasteiger partial charge >= 0.3 is 0 Å². The summed E-state index contributed by atoms with van der Waals surface area (Å²) in [6.45, 7) is 1.53. The third kappa shape index (κ3) is 5.69. The van der Waals surface area contributed by atoms with Gasteiger partial charge in [-0.15, -0.1) is 0 Å². The van der Waals surface area contributed by atoms with Crippen LogP contribution in [0, 0.1) is 6.92 Å². The molecule has 0 bridgehead atoms. The number of benzene rings is 2. The lowest BCUT2D eigenvalue weighted by atomic mass is 10.2. The number of hydrogen-bond acceptors (Lipinski definition) is 6. The van der Waals surface area contributed by atoms with E-state index in [1.54, 1.807) is 30.3 Å². The Kier molecular flexibility index (Phi) is 6.35. The molecule has 0 atom stereocenters. The fourth-order valence-electron chi connectivity index (χ4n) is 2.52. The van der Waals surface area contributed by atoms with Crippen LogP contribution < -0.4 is 24.8 Å². The van der Waals surface area contributed by atoms with Crippen LogP contribution in [0.15, 0.2) is 47.4 Å². The van der Waals surface area contributed by atoms with E-state index in [1.807, 2.05) is 6.92 Å². The minimum Gasteiger partial charge on any atom is -0.454 e. The predicted octanol–water partition coefficient (Wildman–Crippen LogP) is 0.435. The van der Waals surface area contributed by atoms with Gasteiger partial charge in [0.2, 0.25) is 28.6 Å². The van der Waals surface area contributed by atoms with Crippen molar-refractivity contribution >= 4 is 21.8 Å². The molecule has 0 saturated carbocycles. The summed E-state index contributed by atoms with van der Waals surface area (Å²) in [5.74, 6) is 0.252. The molecule has 0 spiro atoms. The standard InChI is InChI=1S/C19H21N3O6S/c1-13-2-5-15(6-3-13)29(25,26)22-11-19(24)21-10-18(23)20-9-14-4-7-16-17(8-14)28-12-27-16/h2-8,22H,9-12H2,1H3,(H,20,23)(H,21,24). The Bertz CT molecular complexity index is 1010. The summed E-state index contributed by atoms with van der Waals surface area (Å²) < 4.78 is 37.0. The highest BCUT2D eigenvalue weighted by molar-refractivity contribution is 7.89. The first-order valence-electron chi connectivity index (χ1n) is 8.82. The zero-order valence-corrected chi connectivity index (χ0v) is 16.5. The van der Waals surface area contributed by atoms with Gasteiger partial charge in [0.15, 0.2) is 11.5 Å². The molecule has 3 N–H and O–H groups in total. The van der Waals surface area contributed by atoms with E-state index in [4.69, 9.17) is 9.47 Å². The second-order valence-corrected chi connectivity index (χ2v) is 8.15. The molecule has 0 saturated heterocycles. The summed E-state index contributed by atoms with van der Waals surface area (Å²) in [4.78, 5) is 23.8. The van der Waals surface area contributed by atoms with Gasteiger partial charge in [0, 0.05) is 6.54 Å². The summed E-state index contributed by atoms with van der Waals surface area (Å²) in [5, 5.41) is 5.03. The highest BCUT2D eigenvalue weighted by Gasteiger charge is 2.16. The molecule has 2 amide bonds. The van der Waals surface area contributed by atoms with Crippen LogP contribution in [-0.4, -0.2) is 40.1 Å². The van der Waals surface area contributed by atoms with Crippen LogP contribution in [0.2, 0.25) is 0 Å². The van der Waals surface area contributed by atoms with Crippen LogP contribution >= 0.6 is 0 Å². The molecule has 1 aliphatic rings. The molecule has 0 fully saturated rings. The molecule has 0 unspecified atom stereocenters. The van der Waals surface area contributed by atoms with Crippen LogP contribution in [0.4, 0.5) is 0 Å². The molecule has 0 radical (unpaired) electrons. The minimum absolute atomic E-state index is 0.0670. The summed E-state index contributed by atoms with van der Waals surface area (Å²) in [5.41, 5.74) is 1.74. The first-order valence-corrected chi connectivity index (χ1v) is 10.3. The van der Waals surface area contributed by atoms with E-state index in [0.717, 1.165) is 11.1 Å². The Morgan fingerprint density at radius 2 is 1.62 bits per heavy atom. The van der Waals surface area contributed by atoms with Crippen LogP contribution in [-0.2, 0) is 26.2 Å². The molecule has 10 heteroatoms. The molecule has 3 rings (SSSR count). The second kappa shape index (κ2) is 8.93. The monoisotopic (exact) mass is 419 g/mol. The number of carbonyl (C=O) groups is 2. The molecule has 29 heavy (non-hydrogen) atoms. The van der Waals surface area contributed by atoms with Crippen molar-refractivity contribution < 1.29 is 27.5 Å². The van der Waals surface area contributed by atoms with E-state index in [9.17, 15) is 18.0 Å². The van der Waals surface area contributed by atoms with Crippen molar-refractivity contribution in [2.24, 2.45) is 0 Å². The number of carbonyl (C=O) groups excluding carboxylic acids is 2. The Labute approximate surface area is 168 Å². The van der Waals surface area contributed by atoms with Gasteiger partial charge in [-0.2, -0.15) is 0 Å². The maximum atomic E-state index is 12.1. The van der Waals surface area contributed by atoms with Crippen molar-refractivity contribution in [1.82, 2.24) is 15.4 Å². The van der Waals surface area contributed by atoms with Crippen molar-refractivity contribution in [2.75, 3.05) is 19.9 Å². The van der Waals surface area contributed by atoms with Crippen molar-refractivity contribution in [3.63, 3.8) is 0 Å². The van der Waals surface area contributed by atoms with Gasteiger partial charge in [0.25, 0.3) is 0 Å². The first-order chi connectivity index (χ1) is 13.8. The summed E-state index contributed by atoms with van der Waals surface area (Å²) in [6, 6.07) is 11.6. The smallest absolute Gasteiger partial charge is 0.241 e. The van der Waals surface area contributed by atoms with Gasteiger partial charge in [-0.25, -0.2) is 13.1 Å². The normalized spacial score (nSPS) is 12.4. The van der Waals surface area contributed by atoms with Crippen molar-refractivity contribution in [1.29, 1.82) is 0 Å². The van der Waals surface area contributed by atoms with Gasteiger partial charge in [0.1, 0.15) is 0 Å². The molecule has 9 nitrogen and oxygen atoms in total. The molecule has 2 aromatic carbocycles. The lowest BCUT2D eigenvalue weighted by Crippen LogP contribution is -2.41. The number of amides is 2. The van der Waals surface area contributed by atoms with E-state index in [0.29, 0.717) is 11.5 Å². The third-order valence-electron chi connectivity index (χ3n) is 4.13. The summed E-state index contributed by atoms with van der Waals surface area (Å²) in [6.07, 6.45) is 0. The molecule has 0 aromatic heterocycles. The van der Waals surface area contributed by atoms with Crippen molar-refractivity contribution in [3.05, 3.63) is 53.6 Å². The van der Waals surface area contributed by atoms with Crippen LogP contribution in [0.3, 0.4) is 0 Å². The number of fused-ring (bicyclic) bond motifs is 1. The van der Waals surface area contributed by atoms with Gasteiger partial charge < -0.3 is 20.1 Å². The van der Waals surface area contributed by atoms with E-state index in [1.165, 1.54) is 12.1 Å². The van der Waals surface area contributed by atoms with E-state index >= 15 is 0 Å². The van der Waals surface area contributed by atoms with Crippen LogP contribution in [0.1, 0.15) is 11.1 Å². The lowest BCUT2D eigenvalue weighted by molar-refractivity contribution is -0.125. The average molecular weight is 419 g/mol. The number of aryl methyl sites for hydroxylation is 1.